The molecule has 0 saturated carbocycles. The Morgan fingerprint density at radius 2 is 2.04 bits per heavy atom. The fourth-order valence-electron chi connectivity index (χ4n) is 3.28. The molecule has 128 valence electrons. The van der Waals surface area contributed by atoms with Crippen molar-refractivity contribution in [2.75, 3.05) is 26.7 Å². The third-order valence-electron chi connectivity index (χ3n) is 4.53. The van der Waals surface area contributed by atoms with E-state index >= 15 is 0 Å². The van der Waals surface area contributed by atoms with E-state index in [-0.39, 0.29) is 11.9 Å². The normalized spacial score (nSPS) is 18.6. The van der Waals surface area contributed by atoms with Crippen LogP contribution in [-0.2, 0) is 18.4 Å². The SMILES string of the molecule is COc1ccc(C2CN(Cc3cnn(C)c3)CCN2C(C)=O)cc1. The van der Waals surface area contributed by atoms with Crippen molar-refractivity contribution < 1.29 is 9.53 Å². The molecule has 1 atom stereocenters. The van der Waals surface area contributed by atoms with Gasteiger partial charge in [0.15, 0.2) is 0 Å². The van der Waals surface area contributed by atoms with Gasteiger partial charge in [0.05, 0.1) is 19.3 Å². The molecule has 2 aromatic rings. The van der Waals surface area contributed by atoms with Crippen LogP contribution in [0.2, 0.25) is 0 Å². The molecule has 1 aromatic heterocycles. The maximum Gasteiger partial charge on any atom is 0.220 e. The second-order valence-electron chi connectivity index (χ2n) is 6.26. The quantitative estimate of drug-likeness (QED) is 0.859. The summed E-state index contributed by atoms with van der Waals surface area (Å²) in [5.74, 6) is 0.952. The molecule has 1 amide bonds. The predicted molar refractivity (Wildman–Crippen MR) is 91.6 cm³/mol. The molecular formula is C18H24N4O2. The maximum absolute atomic E-state index is 12.0. The molecule has 6 heteroatoms. The van der Waals surface area contributed by atoms with E-state index in [1.165, 1.54) is 5.56 Å². The Bertz CT molecular complexity index is 695. The number of hydrogen-bond acceptors (Lipinski definition) is 4. The highest BCUT2D eigenvalue weighted by molar-refractivity contribution is 5.74. The highest BCUT2D eigenvalue weighted by atomic mass is 16.5. The molecular weight excluding hydrogens is 304 g/mol. The lowest BCUT2D eigenvalue weighted by atomic mass is 10.0. The van der Waals surface area contributed by atoms with Crippen LogP contribution in [0.5, 0.6) is 5.75 Å². The smallest absolute Gasteiger partial charge is 0.220 e. The fourth-order valence-corrected chi connectivity index (χ4v) is 3.28. The van der Waals surface area contributed by atoms with Gasteiger partial charge >= 0.3 is 0 Å². The Morgan fingerprint density at radius 3 is 2.62 bits per heavy atom. The number of benzene rings is 1. The molecule has 0 aliphatic carbocycles. The molecule has 1 unspecified atom stereocenters. The molecule has 1 aliphatic rings. The Kier molecular flexibility index (Phi) is 4.85. The first-order valence-corrected chi connectivity index (χ1v) is 8.18. The van der Waals surface area contributed by atoms with Gasteiger partial charge in [-0.1, -0.05) is 12.1 Å². The largest absolute Gasteiger partial charge is 0.497 e. The topological polar surface area (TPSA) is 50.6 Å². The summed E-state index contributed by atoms with van der Waals surface area (Å²) in [5.41, 5.74) is 2.34. The summed E-state index contributed by atoms with van der Waals surface area (Å²) in [6, 6.07) is 8.07. The monoisotopic (exact) mass is 328 g/mol. The van der Waals surface area contributed by atoms with Crippen molar-refractivity contribution in [3.8, 4) is 5.75 Å². The van der Waals surface area contributed by atoms with Crippen LogP contribution < -0.4 is 4.74 Å². The van der Waals surface area contributed by atoms with Crippen molar-refractivity contribution in [2.24, 2.45) is 7.05 Å². The minimum atomic E-state index is 0.0684. The number of methoxy groups -OCH3 is 1. The lowest BCUT2D eigenvalue weighted by molar-refractivity contribution is -0.134. The van der Waals surface area contributed by atoms with Gasteiger partial charge in [0.2, 0.25) is 5.91 Å². The number of carbonyl (C=O) groups excluding carboxylic acids is 1. The average Bonchev–Trinajstić information content (AvgIpc) is 2.99. The van der Waals surface area contributed by atoms with Gasteiger partial charge in [-0.05, 0) is 17.7 Å². The van der Waals surface area contributed by atoms with Crippen LogP contribution >= 0.6 is 0 Å². The van der Waals surface area contributed by atoms with Gasteiger partial charge < -0.3 is 9.64 Å². The summed E-state index contributed by atoms with van der Waals surface area (Å²) in [5, 5.41) is 4.23. The number of piperazine rings is 1. The van der Waals surface area contributed by atoms with Crippen molar-refractivity contribution in [2.45, 2.75) is 19.5 Å². The molecule has 0 bridgehead atoms. The molecule has 0 spiro atoms. The number of carbonyl (C=O) groups is 1. The zero-order valence-electron chi connectivity index (χ0n) is 14.5. The molecule has 3 rings (SSSR count). The molecule has 0 radical (unpaired) electrons. The minimum absolute atomic E-state index is 0.0684. The fraction of sp³-hybridized carbons (Fsp3) is 0.444. The third-order valence-corrected chi connectivity index (χ3v) is 4.53. The Balaban J connectivity index is 1.77. The van der Waals surface area contributed by atoms with E-state index in [1.807, 2.05) is 53.3 Å². The van der Waals surface area contributed by atoms with Crippen molar-refractivity contribution in [1.29, 1.82) is 0 Å². The zero-order valence-corrected chi connectivity index (χ0v) is 14.5. The number of hydrogen-bond donors (Lipinski definition) is 0. The molecule has 0 N–H and O–H groups in total. The maximum atomic E-state index is 12.0. The van der Waals surface area contributed by atoms with Crippen molar-refractivity contribution in [3.05, 3.63) is 47.8 Å². The van der Waals surface area contributed by atoms with E-state index in [0.29, 0.717) is 0 Å². The average molecular weight is 328 g/mol. The first kappa shape index (κ1) is 16.5. The van der Waals surface area contributed by atoms with Gasteiger partial charge in [-0.3, -0.25) is 14.4 Å². The standard InChI is InChI=1S/C18H24N4O2/c1-14(23)22-9-8-21(12-15-10-19-20(2)11-15)13-18(22)16-4-6-17(24-3)7-5-16/h4-7,10-11,18H,8-9,12-13H2,1-3H3. The summed E-state index contributed by atoms with van der Waals surface area (Å²) in [6.07, 6.45) is 3.94. The zero-order chi connectivity index (χ0) is 17.1. The number of amides is 1. The molecule has 1 fully saturated rings. The lowest BCUT2D eigenvalue weighted by Crippen LogP contribution is -2.49. The molecule has 6 nitrogen and oxygen atoms in total. The number of aryl methyl sites for hydroxylation is 1. The van der Waals surface area contributed by atoms with Gasteiger partial charge in [-0.2, -0.15) is 5.10 Å². The van der Waals surface area contributed by atoms with Gasteiger partial charge in [0.25, 0.3) is 0 Å². The number of aromatic nitrogens is 2. The minimum Gasteiger partial charge on any atom is -0.497 e. The van der Waals surface area contributed by atoms with Crippen LogP contribution in [0.4, 0.5) is 0 Å². The summed E-state index contributed by atoms with van der Waals surface area (Å²) >= 11 is 0. The number of nitrogens with zero attached hydrogens (tertiary/aromatic N) is 4. The molecule has 1 aliphatic heterocycles. The highest BCUT2D eigenvalue weighted by Gasteiger charge is 2.30. The van der Waals surface area contributed by atoms with Crippen LogP contribution in [0.25, 0.3) is 0 Å². The van der Waals surface area contributed by atoms with Gasteiger partial charge in [0.1, 0.15) is 5.75 Å². The predicted octanol–water partition coefficient (Wildman–Crippen LogP) is 1.83. The van der Waals surface area contributed by atoms with Gasteiger partial charge in [-0.25, -0.2) is 0 Å². The summed E-state index contributed by atoms with van der Waals surface area (Å²) in [6.45, 7) is 4.94. The van der Waals surface area contributed by atoms with Crippen LogP contribution in [0, 0.1) is 0 Å². The highest BCUT2D eigenvalue weighted by Crippen LogP contribution is 2.27. The van der Waals surface area contributed by atoms with Crippen molar-refractivity contribution >= 4 is 5.91 Å². The Labute approximate surface area is 142 Å². The Morgan fingerprint density at radius 1 is 1.29 bits per heavy atom. The number of ether oxygens (including phenoxy) is 1. The second-order valence-corrected chi connectivity index (χ2v) is 6.26. The molecule has 1 saturated heterocycles. The van der Waals surface area contributed by atoms with Gasteiger partial charge in [0, 0.05) is 51.9 Å². The van der Waals surface area contributed by atoms with Crippen LogP contribution in [0.3, 0.4) is 0 Å². The van der Waals surface area contributed by atoms with E-state index in [0.717, 1.165) is 37.5 Å². The lowest BCUT2D eigenvalue weighted by Gasteiger charge is -2.41. The van der Waals surface area contributed by atoms with E-state index in [2.05, 4.69) is 10.00 Å². The van der Waals surface area contributed by atoms with Crippen molar-refractivity contribution in [3.63, 3.8) is 0 Å². The Hall–Kier alpha value is -2.34. The molecule has 1 aromatic carbocycles. The second kappa shape index (κ2) is 7.05. The molecule has 2 heterocycles. The van der Waals surface area contributed by atoms with Gasteiger partial charge in [-0.15, -0.1) is 0 Å². The number of rotatable bonds is 4. The first-order valence-electron chi connectivity index (χ1n) is 8.18. The van der Waals surface area contributed by atoms with Crippen LogP contribution in [0.15, 0.2) is 36.7 Å². The van der Waals surface area contributed by atoms with E-state index in [4.69, 9.17) is 4.74 Å². The summed E-state index contributed by atoms with van der Waals surface area (Å²) in [7, 11) is 3.59. The van der Waals surface area contributed by atoms with E-state index in [9.17, 15) is 4.79 Å². The molecule has 24 heavy (non-hydrogen) atoms. The summed E-state index contributed by atoms with van der Waals surface area (Å²) in [4.78, 5) is 16.4. The summed E-state index contributed by atoms with van der Waals surface area (Å²) < 4.78 is 7.05. The van der Waals surface area contributed by atoms with E-state index in [1.54, 1.807) is 14.0 Å². The first-order chi connectivity index (χ1) is 11.6. The van der Waals surface area contributed by atoms with Crippen LogP contribution in [-0.4, -0.2) is 52.2 Å². The van der Waals surface area contributed by atoms with E-state index < -0.39 is 0 Å². The van der Waals surface area contributed by atoms with Crippen molar-refractivity contribution in [1.82, 2.24) is 19.6 Å². The third kappa shape index (κ3) is 3.59. The van der Waals surface area contributed by atoms with Crippen LogP contribution in [0.1, 0.15) is 24.1 Å².